The monoisotopic (exact) mass is 237 g/mol. The second-order valence-corrected chi connectivity index (χ2v) is 4.74. The van der Waals surface area contributed by atoms with Crippen molar-refractivity contribution in [3.05, 3.63) is 5.82 Å². The quantitative estimate of drug-likeness (QED) is 0.811. The number of unbranched alkanes of at least 4 members (excludes halogenated alkanes) is 1. The van der Waals surface area contributed by atoms with Crippen LogP contribution in [0.3, 0.4) is 0 Å². The number of aromatic amines is 1. The molecule has 0 saturated carbocycles. The van der Waals surface area contributed by atoms with Gasteiger partial charge in [0.15, 0.2) is 0 Å². The molecular formula is C12H23N5. The van der Waals surface area contributed by atoms with Gasteiger partial charge in [0.25, 0.3) is 0 Å². The lowest BCUT2D eigenvalue weighted by Crippen LogP contribution is -2.41. The van der Waals surface area contributed by atoms with E-state index < -0.39 is 0 Å². The molecule has 1 aliphatic rings. The van der Waals surface area contributed by atoms with E-state index in [1.165, 1.54) is 25.7 Å². The van der Waals surface area contributed by atoms with Crippen LogP contribution in [0.1, 0.15) is 38.4 Å². The zero-order valence-corrected chi connectivity index (χ0v) is 10.9. The lowest BCUT2D eigenvalue weighted by molar-refractivity contribution is 0.439. The van der Waals surface area contributed by atoms with E-state index in [4.69, 9.17) is 0 Å². The van der Waals surface area contributed by atoms with Gasteiger partial charge in [0.1, 0.15) is 5.82 Å². The molecule has 17 heavy (non-hydrogen) atoms. The average Bonchev–Trinajstić information content (AvgIpc) is 2.85. The molecular weight excluding hydrogens is 214 g/mol. The number of H-pyrrole nitrogens is 1. The Kier molecular flexibility index (Phi) is 4.36. The Bertz CT molecular complexity index is 327. The van der Waals surface area contributed by atoms with Crippen LogP contribution in [0.25, 0.3) is 0 Å². The third-order valence-corrected chi connectivity index (χ3v) is 3.47. The maximum atomic E-state index is 4.56. The van der Waals surface area contributed by atoms with Crippen LogP contribution in [-0.4, -0.2) is 41.4 Å². The van der Waals surface area contributed by atoms with Gasteiger partial charge in [0.2, 0.25) is 5.95 Å². The van der Waals surface area contributed by atoms with Crippen LogP contribution in [0.15, 0.2) is 0 Å². The van der Waals surface area contributed by atoms with Crippen molar-refractivity contribution >= 4 is 5.95 Å². The van der Waals surface area contributed by atoms with Gasteiger partial charge in [0, 0.05) is 25.6 Å². The molecule has 0 spiro atoms. The summed E-state index contributed by atoms with van der Waals surface area (Å²) in [7, 11) is 2.04. The van der Waals surface area contributed by atoms with Crippen molar-refractivity contribution in [3.63, 3.8) is 0 Å². The van der Waals surface area contributed by atoms with E-state index in [0.29, 0.717) is 6.04 Å². The third-order valence-electron chi connectivity index (χ3n) is 3.47. The molecule has 0 aromatic carbocycles. The molecule has 0 unspecified atom stereocenters. The van der Waals surface area contributed by atoms with E-state index >= 15 is 0 Å². The highest BCUT2D eigenvalue weighted by molar-refractivity contribution is 5.29. The molecule has 1 fully saturated rings. The Morgan fingerprint density at radius 3 is 2.82 bits per heavy atom. The van der Waals surface area contributed by atoms with E-state index in [-0.39, 0.29) is 0 Å². The number of anilines is 1. The largest absolute Gasteiger partial charge is 0.339 e. The highest BCUT2D eigenvalue weighted by Gasteiger charge is 2.20. The maximum absolute atomic E-state index is 4.56. The van der Waals surface area contributed by atoms with Gasteiger partial charge in [-0.2, -0.15) is 4.98 Å². The minimum Gasteiger partial charge on any atom is -0.339 e. The lowest BCUT2D eigenvalue weighted by Gasteiger charge is -2.30. The number of nitrogens with one attached hydrogen (secondary N) is 2. The SMILES string of the molecule is CCCCc1nc(N2CCC(NC)CC2)n[nH]1. The molecule has 0 aliphatic carbocycles. The summed E-state index contributed by atoms with van der Waals surface area (Å²) in [5, 5.41) is 10.7. The summed E-state index contributed by atoms with van der Waals surface area (Å²) < 4.78 is 0. The fourth-order valence-electron chi connectivity index (χ4n) is 2.25. The predicted octanol–water partition coefficient (Wildman–Crippen LogP) is 1.34. The Hall–Kier alpha value is -1.10. The van der Waals surface area contributed by atoms with Gasteiger partial charge in [0.05, 0.1) is 0 Å². The van der Waals surface area contributed by atoms with Crippen molar-refractivity contribution in [2.24, 2.45) is 0 Å². The number of aryl methyl sites for hydroxylation is 1. The van der Waals surface area contributed by atoms with Gasteiger partial charge >= 0.3 is 0 Å². The Balaban J connectivity index is 1.87. The second-order valence-electron chi connectivity index (χ2n) is 4.74. The Labute approximate surface area is 103 Å². The summed E-state index contributed by atoms with van der Waals surface area (Å²) in [6.07, 6.45) is 5.74. The first kappa shape index (κ1) is 12.4. The first-order chi connectivity index (χ1) is 8.33. The van der Waals surface area contributed by atoms with E-state index in [2.05, 4.69) is 32.3 Å². The van der Waals surface area contributed by atoms with Gasteiger partial charge in [-0.1, -0.05) is 13.3 Å². The van der Waals surface area contributed by atoms with Gasteiger partial charge < -0.3 is 10.2 Å². The smallest absolute Gasteiger partial charge is 0.244 e. The number of rotatable bonds is 5. The van der Waals surface area contributed by atoms with E-state index in [1.54, 1.807) is 0 Å². The lowest BCUT2D eigenvalue weighted by atomic mass is 10.1. The van der Waals surface area contributed by atoms with Crippen LogP contribution in [0, 0.1) is 0 Å². The first-order valence-electron chi connectivity index (χ1n) is 6.67. The number of hydrogen-bond donors (Lipinski definition) is 2. The molecule has 0 bridgehead atoms. The summed E-state index contributed by atoms with van der Waals surface area (Å²) in [4.78, 5) is 6.84. The van der Waals surface area contributed by atoms with Crippen molar-refractivity contribution < 1.29 is 0 Å². The first-order valence-corrected chi connectivity index (χ1v) is 6.67. The van der Waals surface area contributed by atoms with Crippen molar-refractivity contribution in [1.29, 1.82) is 0 Å². The van der Waals surface area contributed by atoms with E-state index in [0.717, 1.165) is 31.3 Å². The fraction of sp³-hybridized carbons (Fsp3) is 0.833. The molecule has 2 rings (SSSR count). The van der Waals surface area contributed by atoms with Crippen molar-refractivity contribution in [3.8, 4) is 0 Å². The van der Waals surface area contributed by atoms with Crippen LogP contribution < -0.4 is 10.2 Å². The van der Waals surface area contributed by atoms with E-state index in [1.807, 2.05) is 7.05 Å². The molecule has 0 atom stereocenters. The topological polar surface area (TPSA) is 56.8 Å². The van der Waals surface area contributed by atoms with Gasteiger partial charge in [-0.05, 0) is 26.3 Å². The number of aromatic nitrogens is 3. The third kappa shape index (κ3) is 3.19. The second kappa shape index (κ2) is 6.00. The number of hydrogen-bond acceptors (Lipinski definition) is 4. The normalized spacial score (nSPS) is 17.6. The number of piperidine rings is 1. The van der Waals surface area contributed by atoms with Crippen molar-refractivity contribution in [1.82, 2.24) is 20.5 Å². The standard InChI is InChI=1S/C12H23N5/c1-3-4-5-11-14-12(16-15-11)17-8-6-10(13-2)7-9-17/h10,13H,3-9H2,1-2H3,(H,14,15,16). The Morgan fingerprint density at radius 2 is 2.18 bits per heavy atom. The van der Waals surface area contributed by atoms with Crippen LogP contribution in [-0.2, 0) is 6.42 Å². The highest BCUT2D eigenvalue weighted by Crippen LogP contribution is 2.16. The van der Waals surface area contributed by atoms with Gasteiger partial charge in [-0.25, -0.2) is 0 Å². The number of nitrogens with zero attached hydrogens (tertiary/aromatic N) is 3. The van der Waals surface area contributed by atoms with Crippen LogP contribution >= 0.6 is 0 Å². The fourth-order valence-corrected chi connectivity index (χ4v) is 2.25. The summed E-state index contributed by atoms with van der Waals surface area (Å²) in [6.45, 7) is 4.30. The molecule has 1 aromatic heterocycles. The molecule has 96 valence electrons. The van der Waals surface area contributed by atoms with E-state index in [9.17, 15) is 0 Å². The molecule has 0 radical (unpaired) electrons. The molecule has 2 N–H and O–H groups in total. The Morgan fingerprint density at radius 1 is 1.41 bits per heavy atom. The predicted molar refractivity (Wildman–Crippen MR) is 69.3 cm³/mol. The van der Waals surface area contributed by atoms with Crippen LogP contribution in [0.2, 0.25) is 0 Å². The zero-order chi connectivity index (χ0) is 12.1. The molecule has 1 saturated heterocycles. The minimum absolute atomic E-state index is 0.657. The summed E-state index contributed by atoms with van der Waals surface area (Å²) in [5.41, 5.74) is 0. The van der Waals surface area contributed by atoms with Crippen molar-refractivity contribution in [2.45, 2.75) is 45.1 Å². The van der Waals surface area contributed by atoms with Gasteiger partial charge in [-0.3, -0.25) is 5.10 Å². The zero-order valence-electron chi connectivity index (χ0n) is 10.9. The van der Waals surface area contributed by atoms with Crippen molar-refractivity contribution in [2.75, 3.05) is 25.0 Å². The summed E-state index contributed by atoms with van der Waals surface area (Å²) in [5.74, 6) is 1.91. The molecule has 5 nitrogen and oxygen atoms in total. The molecule has 0 amide bonds. The molecule has 5 heteroatoms. The van der Waals surface area contributed by atoms with Crippen LogP contribution in [0.4, 0.5) is 5.95 Å². The molecule has 2 heterocycles. The molecule has 1 aliphatic heterocycles. The van der Waals surface area contributed by atoms with Gasteiger partial charge in [-0.15, -0.1) is 5.10 Å². The summed E-state index contributed by atoms with van der Waals surface area (Å²) >= 11 is 0. The summed E-state index contributed by atoms with van der Waals surface area (Å²) in [6, 6.07) is 0.657. The highest BCUT2D eigenvalue weighted by atomic mass is 15.4. The minimum atomic E-state index is 0.657. The molecule has 1 aromatic rings. The average molecular weight is 237 g/mol. The maximum Gasteiger partial charge on any atom is 0.244 e. The van der Waals surface area contributed by atoms with Crippen LogP contribution in [0.5, 0.6) is 0 Å².